The number of nitrogens with zero attached hydrogens (tertiary/aromatic N) is 1. The molecule has 37 heavy (non-hydrogen) atoms. The second-order valence-electron chi connectivity index (χ2n) is 8.72. The SMILES string of the molecule is CCn1cc(/C=C2\Oc3c(ccc(OC(=O)c4ccc5c(c4)OCO5)c3C)C2=O)c2cc(OC)ccc21. The van der Waals surface area contributed by atoms with Gasteiger partial charge in [-0.15, -0.1) is 0 Å². The number of carbonyl (C=O) groups is 2. The molecule has 8 heteroatoms. The van der Waals surface area contributed by atoms with Crippen molar-refractivity contribution < 1.29 is 33.3 Å². The zero-order valence-electron chi connectivity index (χ0n) is 20.5. The van der Waals surface area contributed by atoms with Crippen molar-refractivity contribution >= 4 is 28.7 Å². The van der Waals surface area contributed by atoms with Crippen LogP contribution in [0.1, 0.15) is 38.8 Å². The summed E-state index contributed by atoms with van der Waals surface area (Å²) in [5.74, 6) is 1.91. The van der Waals surface area contributed by atoms with E-state index in [1.165, 1.54) is 0 Å². The van der Waals surface area contributed by atoms with Crippen molar-refractivity contribution in [1.82, 2.24) is 4.57 Å². The number of fused-ring (bicyclic) bond motifs is 3. The molecule has 0 aliphatic carbocycles. The van der Waals surface area contributed by atoms with Crippen LogP contribution in [0.3, 0.4) is 0 Å². The Kier molecular flexibility index (Phi) is 5.37. The van der Waals surface area contributed by atoms with Crippen LogP contribution in [-0.4, -0.2) is 30.2 Å². The van der Waals surface area contributed by atoms with E-state index in [2.05, 4.69) is 11.5 Å². The molecule has 8 nitrogen and oxygen atoms in total. The summed E-state index contributed by atoms with van der Waals surface area (Å²) in [5.41, 5.74) is 3.18. The van der Waals surface area contributed by atoms with Gasteiger partial charge < -0.3 is 28.3 Å². The summed E-state index contributed by atoms with van der Waals surface area (Å²) in [5, 5.41) is 0.955. The van der Waals surface area contributed by atoms with Crippen molar-refractivity contribution in [3.05, 3.63) is 82.7 Å². The summed E-state index contributed by atoms with van der Waals surface area (Å²) in [6.07, 6.45) is 3.73. The quantitative estimate of drug-likeness (QED) is 0.203. The average Bonchev–Trinajstić information content (AvgIpc) is 3.61. The maximum atomic E-state index is 13.2. The van der Waals surface area contributed by atoms with Gasteiger partial charge in [0, 0.05) is 34.8 Å². The number of aromatic nitrogens is 1. The molecule has 2 aliphatic rings. The summed E-state index contributed by atoms with van der Waals surface area (Å²) >= 11 is 0. The molecule has 186 valence electrons. The molecule has 0 saturated heterocycles. The van der Waals surface area contributed by atoms with E-state index in [9.17, 15) is 9.59 Å². The highest BCUT2D eigenvalue weighted by Crippen LogP contribution is 2.40. The first-order valence-electron chi connectivity index (χ1n) is 11.8. The van der Waals surface area contributed by atoms with Gasteiger partial charge in [0.2, 0.25) is 12.6 Å². The number of hydrogen-bond donors (Lipinski definition) is 0. The van der Waals surface area contributed by atoms with Crippen LogP contribution in [0.4, 0.5) is 0 Å². The normalized spacial score (nSPS) is 14.7. The van der Waals surface area contributed by atoms with Crippen LogP contribution in [0.25, 0.3) is 17.0 Å². The summed E-state index contributed by atoms with van der Waals surface area (Å²) in [6, 6.07) is 13.9. The smallest absolute Gasteiger partial charge is 0.343 e. The fourth-order valence-corrected chi connectivity index (χ4v) is 4.61. The van der Waals surface area contributed by atoms with Crippen LogP contribution in [0.15, 0.2) is 60.5 Å². The molecular weight excluding hydrogens is 474 g/mol. The Morgan fingerprint density at radius 1 is 1.08 bits per heavy atom. The van der Waals surface area contributed by atoms with Crippen LogP contribution in [-0.2, 0) is 6.54 Å². The molecule has 0 saturated carbocycles. The Balaban J connectivity index is 1.30. The van der Waals surface area contributed by atoms with E-state index in [4.69, 9.17) is 23.7 Å². The third kappa shape index (κ3) is 3.78. The van der Waals surface area contributed by atoms with Crippen molar-refractivity contribution in [2.45, 2.75) is 20.4 Å². The van der Waals surface area contributed by atoms with Crippen molar-refractivity contribution in [2.75, 3.05) is 13.9 Å². The maximum absolute atomic E-state index is 13.2. The number of ether oxygens (including phenoxy) is 5. The van der Waals surface area contributed by atoms with Crippen LogP contribution in [0.2, 0.25) is 0 Å². The second kappa shape index (κ2) is 8.74. The van der Waals surface area contributed by atoms with E-state index >= 15 is 0 Å². The minimum absolute atomic E-state index is 0.117. The molecule has 0 unspecified atom stereocenters. The van der Waals surface area contributed by atoms with E-state index in [0.717, 1.165) is 28.8 Å². The minimum Gasteiger partial charge on any atom is -0.497 e. The fraction of sp³-hybridized carbons (Fsp3) is 0.172. The molecule has 4 aromatic rings. The lowest BCUT2D eigenvalue weighted by Crippen LogP contribution is -2.09. The summed E-state index contributed by atoms with van der Waals surface area (Å²) < 4.78 is 29.8. The molecule has 1 aromatic heterocycles. The minimum atomic E-state index is -0.553. The van der Waals surface area contributed by atoms with Crippen LogP contribution >= 0.6 is 0 Å². The Bertz CT molecular complexity index is 1630. The molecule has 3 aromatic carbocycles. The van der Waals surface area contributed by atoms with Crippen molar-refractivity contribution in [3.63, 3.8) is 0 Å². The first-order valence-corrected chi connectivity index (χ1v) is 11.8. The Hall–Kier alpha value is -4.72. The number of Topliss-reactive ketones (excluding diaryl/α,β-unsaturated/α-hetero) is 1. The number of allylic oxidation sites excluding steroid dienone is 1. The molecule has 2 aliphatic heterocycles. The van der Waals surface area contributed by atoms with Crippen molar-refractivity contribution in [2.24, 2.45) is 0 Å². The fourth-order valence-electron chi connectivity index (χ4n) is 4.61. The Morgan fingerprint density at radius 3 is 2.73 bits per heavy atom. The summed E-state index contributed by atoms with van der Waals surface area (Å²) in [7, 11) is 1.62. The molecule has 3 heterocycles. The Morgan fingerprint density at radius 2 is 1.92 bits per heavy atom. The van der Waals surface area contributed by atoms with Gasteiger partial charge in [-0.05, 0) is 68.5 Å². The number of rotatable bonds is 5. The lowest BCUT2D eigenvalue weighted by Gasteiger charge is -2.10. The summed E-state index contributed by atoms with van der Waals surface area (Å²) in [4.78, 5) is 26.0. The number of hydrogen-bond acceptors (Lipinski definition) is 7. The standard InChI is InChI=1S/C29H23NO7/c1-4-30-14-18(21-13-19(33-3)6-8-22(21)30)12-26-27(31)20-7-10-23(16(2)28(20)36-26)37-29(32)17-5-9-24-25(11-17)35-15-34-24/h5-14H,4,15H2,1-3H3/b26-12-. The van der Waals surface area contributed by atoms with Gasteiger partial charge in [-0.1, -0.05) is 0 Å². The van der Waals surface area contributed by atoms with Gasteiger partial charge in [0.25, 0.3) is 0 Å². The van der Waals surface area contributed by atoms with E-state index in [0.29, 0.717) is 39.7 Å². The van der Waals surface area contributed by atoms with Crippen molar-refractivity contribution in [3.8, 4) is 28.7 Å². The van der Waals surface area contributed by atoms with Crippen molar-refractivity contribution in [1.29, 1.82) is 0 Å². The number of methoxy groups -OCH3 is 1. The summed E-state index contributed by atoms with van der Waals surface area (Å²) in [6.45, 7) is 4.71. The highest BCUT2D eigenvalue weighted by molar-refractivity contribution is 6.15. The lowest BCUT2D eigenvalue weighted by atomic mass is 10.1. The molecule has 0 fully saturated rings. The predicted octanol–water partition coefficient (Wildman–Crippen LogP) is 5.54. The van der Waals surface area contributed by atoms with Gasteiger partial charge in [0.05, 0.1) is 18.2 Å². The van der Waals surface area contributed by atoms with Gasteiger partial charge in [-0.25, -0.2) is 4.79 Å². The third-order valence-corrected chi connectivity index (χ3v) is 6.59. The molecular formula is C29H23NO7. The molecule has 0 amide bonds. The van der Waals surface area contributed by atoms with Crippen LogP contribution < -0.4 is 23.7 Å². The topological polar surface area (TPSA) is 85.2 Å². The lowest BCUT2D eigenvalue weighted by molar-refractivity contribution is 0.0732. The van der Waals surface area contributed by atoms with Gasteiger partial charge in [-0.3, -0.25) is 4.79 Å². The molecule has 0 radical (unpaired) electrons. The van der Waals surface area contributed by atoms with E-state index in [1.54, 1.807) is 50.4 Å². The van der Waals surface area contributed by atoms with E-state index < -0.39 is 5.97 Å². The van der Waals surface area contributed by atoms with Crippen LogP contribution in [0, 0.1) is 6.92 Å². The maximum Gasteiger partial charge on any atom is 0.343 e. The number of carbonyl (C=O) groups excluding carboxylic acids is 2. The Labute approximate surface area is 212 Å². The molecule has 0 atom stereocenters. The number of ketones is 1. The average molecular weight is 498 g/mol. The molecule has 0 N–H and O–H groups in total. The second-order valence-corrected chi connectivity index (χ2v) is 8.72. The van der Waals surface area contributed by atoms with E-state index in [1.807, 2.05) is 24.4 Å². The highest BCUT2D eigenvalue weighted by Gasteiger charge is 2.31. The van der Waals surface area contributed by atoms with Gasteiger partial charge in [-0.2, -0.15) is 0 Å². The largest absolute Gasteiger partial charge is 0.497 e. The number of aryl methyl sites for hydroxylation is 1. The monoisotopic (exact) mass is 497 g/mol. The number of esters is 1. The van der Waals surface area contributed by atoms with Gasteiger partial charge >= 0.3 is 5.97 Å². The van der Waals surface area contributed by atoms with Gasteiger partial charge in [0.15, 0.2) is 17.3 Å². The number of benzene rings is 3. The molecule has 6 rings (SSSR count). The zero-order valence-corrected chi connectivity index (χ0v) is 20.5. The molecule has 0 spiro atoms. The zero-order chi connectivity index (χ0) is 25.7. The van der Waals surface area contributed by atoms with Gasteiger partial charge in [0.1, 0.15) is 17.2 Å². The first-order chi connectivity index (χ1) is 18.0. The molecule has 0 bridgehead atoms. The third-order valence-electron chi connectivity index (χ3n) is 6.59. The van der Waals surface area contributed by atoms with Crippen LogP contribution in [0.5, 0.6) is 28.7 Å². The van der Waals surface area contributed by atoms with E-state index in [-0.39, 0.29) is 18.3 Å². The predicted molar refractivity (Wildman–Crippen MR) is 136 cm³/mol. The highest BCUT2D eigenvalue weighted by atomic mass is 16.7. The first kappa shape index (κ1) is 22.7.